The molecule has 0 unspecified atom stereocenters. The molecule has 6 nitrogen and oxygen atoms in total. The monoisotopic (exact) mass is 355 g/mol. The molecular weight excluding hydrogens is 330 g/mol. The van der Waals surface area contributed by atoms with Crippen LogP contribution in [0, 0.1) is 6.92 Å². The normalized spacial score (nSPS) is 10.4. The zero-order valence-electron chi connectivity index (χ0n) is 15.5. The molecule has 0 aliphatic heterocycles. The summed E-state index contributed by atoms with van der Waals surface area (Å²) in [5, 5.41) is 12.3. The number of anilines is 2. The third-order valence-corrected chi connectivity index (χ3v) is 4.10. The number of aromatic nitrogens is 1. The van der Waals surface area contributed by atoms with Gasteiger partial charge in [-0.15, -0.1) is 0 Å². The lowest BCUT2D eigenvalue weighted by Crippen LogP contribution is -2.27. The Morgan fingerprint density at radius 3 is 2.62 bits per heavy atom. The lowest BCUT2D eigenvalue weighted by atomic mass is 10.1. The third-order valence-electron chi connectivity index (χ3n) is 4.10. The van der Waals surface area contributed by atoms with Crippen molar-refractivity contribution in [3.63, 3.8) is 0 Å². The molecule has 2 aromatic rings. The second-order valence-corrected chi connectivity index (χ2v) is 6.16. The van der Waals surface area contributed by atoms with Crippen LogP contribution in [0.4, 0.5) is 11.5 Å². The first-order chi connectivity index (χ1) is 12.5. The average molecular weight is 355 g/mol. The summed E-state index contributed by atoms with van der Waals surface area (Å²) < 4.78 is 0. The van der Waals surface area contributed by atoms with E-state index in [4.69, 9.17) is 0 Å². The van der Waals surface area contributed by atoms with Crippen molar-refractivity contribution in [3.8, 4) is 0 Å². The molecule has 0 radical (unpaired) electrons. The van der Waals surface area contributed by atoms with Crippen LogP contribution in [-0.2, 0) is 0 Å². The molecule has 0 aliphatic rings. The number of unbranched alkanes of at least 4 members (excludes halogenated alkanes) is 1. The van der Waals surface area contributed by atoms with Crippen LogP contribution in [0.15, 0.2) is 36.5 Å². The Bertz CT molecular complexity index is 790. The van der Waals surface area contributed by atoms with Gasteiger partial charge in [-0.3, -0.25) is 4.79 Å². The number of nitrogens with one attached hydrogen (secondary N) is 1. The summed E-state index contributed by atoms with van der Waals surface area (Å²) in [5.74, 6) is -0.922. The molecule has 0 saturated carbocycles. The topological polar surface area (TPSA) is 82.5 Å². The summed E-state index contributed by atoms with van der Waals surface area (Å²) in [6, 6.07) is 8.67. The SMILES string of the molecule is CCCCN(CC)c1ncc(NC(=O)c2cccc(C)c2)cc1C(=O)O. The van der Waals surface area contributed by atoms with Crippen molar-refractivity contribution in [2.75, 3.05) is 23.3 Å². The molecule has 138 valence electrons. The second kappa shape index (κ2) is 8.99. The predicted octanol–water partition coefficient (Wildman–Crippen LogP) is 3.97. The van der Waals surface area contributed by atoms with Crippen molar-refractivity contribution in [1.82, 2.24) is 4.98 Å². The molecular formula is C20H25N3O3. The third kappa shape index (κ3) is 4.81. The first kappa shape index (κ1) is 19.4. The van der Waals surface area contributed by atoms with Crippen molar-refractivity contribution in [1.29, 1.82) is 0 Å². The number of nitrogens with zero attached hydrogens (tertiary/aromatic N) is 2. The largest absolute Gasteiger partial charge is 0.478 e. The lowest BCUT2D eigenvalue weighted by molar-refractivity contribution is 0.0696. The molecule has 1 heterocycles. The molecule has 0 atom stereocenters. The number of amides is 1. The molecule has 1 aromatic heterocycles. The quantitative estimate of drug-likeness (QED) is 0.749. The zero-order chi connectivity index (χ0) is 19.1. The number of rotatable bonds is 8. The summed E-state index contributed by atoms with van der Waals surface area (Å²) in [6.45, 7) is 7.38. The standard InChI is InChI=1S/C20H25N3O3/c1-4-6-10-23(5-2)18-17(20(25)26)12-16(13-21-18)22-19(24)15-9-7-8-14(3)11-15/h7-9,11-13H,4-6,10H2,1-3H3,(H,22,24)(H,25,26). The Morgan fingerprint density at radius 1 is 1.23 bits per heavy atom. The van der Waals surface area contributed by atoms with Crippen LogP contribution in [0.5, 0.6) is 0 Å². The highest BCUT2D eigenvalue weighted by Gasteiger charge is 2.18. The number of carboxylic acid groups (broad SMARTS) is 1. The van der Waals surface area contributed by atoms with E-state index in [9.17, 15) is 14.7 Å². The summed E-state index contributed by atoms with van der Waals surface area (Å²) in [5.41, 5.74) is 1.95. The number of pyridine rings is 1. The van der Waals surface area contributed by atoms with Gasteiger partial charge in [-0.05, 0) is 38.5 Å². The Kier molecular flexibility index (Phi) is 6.72. The van der Waals surface area contributed by atoms with Gasteiger partial charge in [-0.25, -0.2) is 9.78 Å². The van der Waals surface area contributed by atoms with Crippen molar-refractivity contribution >= 4 is 23.4 Å². The van der Waals surface area contributed by atoms with Gasteiger partial charge in [0, 0.05) is 18.7 Å². The minimum absolute atomic E-state index is 0.0880. The molecule has 26 heavy (non-hydrogen) atoms. The van der Waals surface area contributed by atoms with E-state index in [-0.39, 0.29) is 11.5 Å². The van der Waals surface area contributed by atoms with E-state index in [0.717, 1.165) is 24.9 Å². The zero-order valence-corrected chi connectivity index (χ0v) is 15.5. The maximum absolute atomic E-state index is 12.4. The first-order valence-corrected chi connectivity index (χ1v) is 8.82. The molecule has 1 amide bonds. The van der Waals surface area contributed by atoms with Gasteiger partial charge in [0.2, 0.25) is 0 Å². The van der Waals surface area contributed by atoms with Gasteiger partial charge in [0.05, 0.1) is 11.9 Å². The molecule has 0 saturated heterocycles. The molecule has 0 spiro atoms. The molecule has 0 bridgehead atoms. The minimum atomic E-state index is -1.06. The number of benzene rings is 1. The smallest absolute Gasteiger partial charge is 0.339 e. The molecule has 1 aromatic carbocycles. The van der Waals surface area contributed by atoms with E-state index in [0.29, 0.717) is 23.6 Å². The van der Waals surface area contributed by atoms with Crippen LogP contribution in [0.2, 0.25) is 0 Å². The van der Waals surface area contributed by atoms with Crippen molar-refractivity contribution in [3.05, 3.63) is 53.2 Å². The van der Waals surface area contributed by atoms with Gasteiger partial charge in [-0.2, -0.15) is 0 Å². The van der Waals surface area contributed by atoms with E-state index in [1.807, 2.05) is 24.8 Å². The molecule has 6 heteroatoms. The Balaban J connectivity index is 2.27. The highest BCUT2D eigenvalue weighted by Crippen LogP contribution is 2.22. The van der Waals surface area contributed by atoms with Gasteiger partial charge < -0.3 is 15.3 Å². The van der Waals surface area contributed by atoms with Crippen molar-refractivity contribution in [2.45, 2.75) is 33.6 Å². The first-order valence-electron chi connectivity index (χ1n) is 8.82. The fourth-order valence-electron chi connectivity index (χ4n) is 2.69. The number of aryl methyl sites for hydroxylation is 1. The van der Waals surface area contributed by atoms with Gasteiger partial charge >= 0.3 is 5.97 Å². The molecule has 0 fully saturated rings. The van der Waals surface area contributed by atoms with E-state index in [1.54, 1.807) is 18.2 Å². The lowest BCUT2D eigenvalue weighted by Gasteiger charge is -2.23. The van der Waals surface area contributed by atoms with Gasteiger partial charge in [-0.1, -0.05) is 31.0 Å². The van der Waals surface area contributed by atoms with E-state index in [2.05, 4.69) is 17.2 Å². The van der Waals surface area contributed by atoms with E-state index >= 15 is 0 Å². The predicted molar refractivity (Wildman–Crippen MR) is 103 cm³/mol. The molecule has 2 rings (SSSR count). The highest BCUT2D eigenvalue weighted by molar-refractivity contribution is 6.05. The number of hydrogen-bond donors (Lipinski definition) is 2. The Labute approximate surface area is 153 Å². The van der Waals surface area contributed by atoms with Gasteiger partial charge in [0.15, 0.2) is 0 Å². The highest BCUT2D eigenvalue weighted by atomic mass is 16.4. The minimum Gasteiger partial charge on any atom is -0.478 e. The maximum Gasteiger partial charge on any atom is 0.339 e. The number of carbonyl (C=O) groups is 2. The Hall–Kier alpha value is -2.89. The number of carboxylic acids is 1. The fourth-order valence-corrected chi connectivity index (χ4v) is 2.69. The number of hydrogen-bond acceptors (Lipinski definition) is 4. The average Bonchev–Trinajstić information content (AvgIpc) is 2.63. The number of carbonyl (C=O) groups excluding carboxylic acids is 1. The van der Waals surface area contributed by atoms with Crippen molar-refractivity contribution < 1.29 is 14.7 Å². The molecule has 0 aliphatic carbocycles. The van der Waals surface area contributed by atoms with Crippen LogP contribution < -0.4 is 10.2 Å². The molecule has 2 N–H and O–H groups in total. The van der Waals surface area contributed by atoms with Crippen molar-refractivity contribution in [2.24, 2.45) is 0 Å². The van der Waals surface area contributed by atoms with E-state index < -0.39 is 5.97 Å². The summed E-state index contributed by atoms with van der Waals surface area (Å²) in [7, 11) is 0. The van der Waals surface area contributed by atoms with Gasteiger partial charge in [0.1, 0.15) is 11.4 Å². The van der Waals surface area contributed by atoms with Crippen LogP contribution in [0.25, 0.3) is 0 Å². The van der Waals surface area contributed by atoms with Crippen LogP contribution in [0.3, 0.4) is 0 Å². The summed E-state index contributed by atoms with van der Waals surface area (Å²) >= 11 is 0. The van der Waals surface area contributed by atoms with Crippen LogP contribution in [-0.4, -0.2) is 35.1 Å². The fraction of sp³-hybridized carbons (Fsp3) is 0.350. The van der Waals surface area contributed by atoms with Gasteiger partial charge in [0.25, 0.3) is 5.91 Å². The van der Waals surface area contributed by atoms with Crippen LogP contribution in [0.1, 0.15) is 53.0 Å². The Morgan fingerprint density at radius 2 is 2.00 bits per heavy atom. The van der Waals surface area contributed by atoms with Crippen LogP contribution >= 0.6 is 0 Å². The second-order valence-electron chi connectivity index (χ2n) is 6.16. The van der Waals surface area contributed by atoms with E-state index in [1.165, 1.54) is 12.3 Å². The summed E-state index contributed by atoms with van der Waals surface area (Å²) in [6.07, 6.45) is 3.48. The summed E-state index contributed by atoms with van der Waals surface area (Å²) in [4.78, 5) is 30.3. The number of aromatic carboxylic acids is 1. The maximum atomic E-state index is 12.4.